The molecule has 0 aliphatic rings. The highest BCUT2D eigenvalue weighted by Crippen LogP contribution is 2.52. The summed E-state index contributed by atoms with van der Waals surface area (Å²) in [4.78, 5) is 0. The summed E-state index contributed by atoms with van der Waals surface area (Å²) in [7, 11) is 0. The summed E-state index contributed by atoms with van der Waals surface area (Å²) in [6, 6.07) is 42.0. The van der Waals surface area contributed by atoms with Crippen molar-refractivity contribution in [2.45, 2.75) is 52.4 Å². The Morgan fingerprint density at radius 2 is 0.729 bits per heavy atom. The topological polar surface area (TPSA) is 8.82 Å². The summed E-state index contributed by atoms with van der Waals surface area (Å²) in [6.45, 7) is 14.0. The third kappa shape index (κ3) is 3.06. The quantitative estimate of drug-likeness (QED) is 0.118. The van der Waals surface area contributed by atoms with Crippen LogP contribution in [0.5, 0.6) is 0 Å². The molecule has 0 aliphatic carbocycles. The number of rotatable bonds is 0. The van der Waals surface area contributed by atoms with Gasteiger partial charge >= 0.3 is 0 Å². The van der Waals surface area contributed by atoms with E-state index in [9.17, 15) is 0 Å². The number of pyridine rings is 2. The zero-order chi connectivity index (χ0) is 32.4. The fraction of sp³-hybridized carbons (Fsp3) is 0.174. The summed E-state index contributed by atoms with van der Waals surface area (Å²) in [5, 5.41) is 16.1. The zero-order valence-corrected chi connectivity index (χ0v) is 28.3. The maximum atomic E-state index is 2.61. The van der Waals surface area contributed by atoms with Gasteiger partial charge in [-0.2, -0.15) is 0 Å². The molecule has 0 atom stereocenters. The van der Waals surface area contributed by atoms with Gasteiger partial charge in [0.15, 0.2) is 0 Å². The Balaban J connectivity index is 1.60. The SMILES string of the molecule is CC(C)(C)c1ccc2c(c1)c1c3c4cccc5cccc(c54)n4c5ccc(C(C)(C)C)cc5c(c5c6cccc7cccc(c76)n2c51)c34. The van der Waals surface area contributed by atoms with E-state index in [1.54, 1.807) is 0 Å². The normalized spacial score (nSPS) is 13.6. The van der Waals surface area contributed by atoms with E-state index < -0.39 is 0 Å². The number of hydrogen-bond donors (Lipinski definition) is 0. The van der Waals surface area contributed by atoms with Crippen LogP contribution in [0.3, 0.4) is 0 Å². The molecular formula is C46H36N2. The van der Waals surface area contributed by atoms with Crippen LogP contribution in [0, 0.1) is 0 Å². The minimum absolute atomic E-state index is 0.0286. The van der Waals surface area contributed by atoms with Gasteiger partial charge in [-0.3, -0.25) is 0 Å². The van der Waals surface area contributed by atoms with Crippen molar-refractivity contribution in [2.24, 2.45) is 0 Å². The average molecular weight is 617 g/mol. The van der Waals surface area contributed by atoms with Crippen LogP contribution in [0.25, 0.3) is 97.7 Å². The molecule has 7 aromatic carbocycles. The van der Waals surface area contributed by atoms with E-state index in [1.807, 2.05) is 0 Å². The molecule has 0 saturated heterocycles. The van der Waals surface area contributed by atoms with Gasteiger partial charge in [-0.1, -0.05) is 114 Å². The smallest absolute Gasteiger partial charge is 0.0634 e. The molecule has 0 fully saturated rings. The molecule has 0 amide bonds. The number of aromatic nitrogens is 2. The third-order valence-electron chi connectivity index (χ3n) is 11.4. The standard InChI is InChI=1S/C46H36N2/c1-45(2,3)27-19-21-33-31(23-27)41-39-29-15-7-11-25-14-10-18-36(37(25)29)48-34-22-20-28(46(4,5)6)24-32(34)42(44(39)48)40-30-16-8-12-26-13-9-17-35(38(26)30)47(33)43(40)41/h7-24H,1-6H3. The molecule has 2 heteroatoms. The Kier molecular flexibility index (Phi) is 4.66. The van der Waals surface area contributed by atoms with Crippen molar-refractivity contribution in [3.05, 3.63) is 120 Å². The molecule has 0 unspecified atom stereocenters. The Morgan fingerprint density at radius 1 is 0.354 bits per heavy atom. The second-order valence-electron chi connectivity index (χ2n) is 16.2. The summed E-state index contributed by atoms with van der Waals surface area (Å²) in [6.07, 6.45) is 0. The Bertz CT molecular complexity index is 2940. The molecule has 0 N–H and O–H groups in total. The van der Waals surface area contributed by atoms with Crippen molar-refractivity contribution >= 4 is 97.7 Å². The molecule has 230 valence electrons. The van der Waals surface area contributed by atoms with Gasteiger partial charge in [-0.05, 0) is 79.9 Å². The number of benzene rings is 7. The largest absolute Gasteiger partial charge is 0.308 e. The van der Waals surface area contributed by atoms with Crippen molar-refractivity contribution in [1.29, 1.82) is 0 Å². The van der Waals surface area contributed by atoms with E-state index in [0.717, 1.165) is 0 Å². The molecule has 0 radical (unpaired) electrons. The fourth-order valence-electron chi connectivity index (χ4n) is 9.19. The van der Waals surface area contributed by atoms with E-state index >= 15 is 0 Å². The van der Waals surface area contributed by atoms with E-state index in [2.05, 4.69) is 160 Å². The summed E-state index contributed by atoms with van der Waals surface area (Å²) in [5.74, 6) is 0. The molecule has 4 heterocycles. The van der Waals surface area contributed by atoms with E-state index in [1.165, 1.54) is 109 Å². The first-order valence-electron chi connectivity index (χ1n) is 17.3. The second-order valence-corrected chi connectivity index (χ2v) is 16.2. The second kappa shape index (κ2) is 8.38. The lowest BCUT2D eigenvalue weighted by atomic mass is 9.85. The third-order valence-corrected chi connectivity index (χ3v) is 11.4. The Hall–Kier alpha value is -5.34. The molecule has 0 bridgehead atoms. The minimum Gasteiger partial charge on any atom is -0.308 e. The van der Waals surface area contributed by atoms with Gasteiger partial charge in [-0.15, -0.1) is 0 Å². The predicted octanol–water partition coefficient (Wildman–Crippen LogP) is 12.9. The zero-order valence-electron chi connectivity index (χ0n) is 28.3. The van der Waals surface area contributed by atoms with Crippen LogP contribution in [-0.2, 0) is 10.8 Å². The van der Waals surface area contributed by atoms with Crippen LogP contribution in [0.4, 0.5) is 0 Å². The minimum atomic E-state index is 0.0286. The lowest BCUT2D eigenvalue weighted by Gasteiger charge is -2.19. The highest BCUT2D eigenvalue weighted by Gasteiger charge is 2.29. The summed E-state index contributed by atoms with van der Waals surface area (Å²) in [5.41, 5.74) is 10.6. The fourth-order valence-corrected chi connectivity index (χ4v) is 9.19. The van der Waals surface area contributed by atoms with Crippen LogP contribution in [0.15, 0.2) is 109 Å². The van der Waals surface area contributed by atoms with E-state index in [-0.39, 0.29) is 10.8 Å². The molecule has 2 nitrogen and oxygen atoms in total. The van der Waals surface area contributed by atoms with Gasteiger partial charge in [0.2, 0.25) is 0 Å². The van der Waals surface area contributed by atoms with Crippen molar-refractivity contribution in [3.8, 4) is 0 Å². The lowest BCUT2D eigenvalue weighted by molar-refractivity contribution is 0.591. The summed E-state index contributed by atoms with van der Waals surface area (Å²) >= 11 is 0. The molecule has 11 aromatic rings. The van der Waals surface area contributed by atoms with Crippen molar-refractivity contribution < 1.29 is 0 Å². The van der Waals surface area contributed by atoms with Gasteiger partial charge in [0.25, 0.3) is 0 Å². The maximum Gasteiger partial charge on any atom is 0.0634 e. The monoisotopic (exact) mass is 616 g/mol. The number of nitrogens with zero attached hydrogens (tertiary/aromatic N) is 2. The van der Waals surface area contributed by atoms with Crippen molar-refractivity contribution in [1.82, 2.24) is 8.80 Å². The van der Waals surface area contributed by atoms with Crippen molar-refractivity contribution in [2.75, 3.05) is 0 Å². The Morgan fingerprint density at radius 3 is 1.12 bits per heavy atom. The van der Waals surface area contributed by atoms with Gasteiger partial charge in [-0.25, -0.2) is 0 Å². The van der Waals surface area contributed by atoms with Crippen LogP contribution in [-0.4, -0.2) is 8.80 Å². The average Bonchev–Trinajstić information content (AvgIpc) is 3.59. The van der Waals surface area contributed by atoms with Gasteiger partial charge in [0, 0.05) is 43.1 Å². The molecule has 11 rings (SSSR count). The van der Waals surface area contributed by atoms with E-state index in [4.69, 9.17) is 0 Å². The highest BCUT2D eigenvalue weighted by molar-refractivity contribution is 6.45. The molecular weight excluding hydrogens is 581 g/mol. The van der Waals surface area contributed by atoms with Gasteiger partial charge in [0.1, 0.15) is 0 Å². The summed E-state index contributed by atoms with van der Waals surface area (Å²) < 4.78 is 5.21. The molecule has 0 saturated carbocycles. The van der Waals surface area contributed by atoms with E-state index in [0.29, 0.717) is 0 Å². The lowest BCUT2D eigenvalue weighted by Crippen LogP contribution is -2.10. The first-order valence-corrected chi connectivity index (χ1v) is 17.3. The van der Waals surface area contributed by atoms with Crippen LogP contribution in [0.1, 0.15) is 52.7 Å². The first kappa shape index (κ1) is 26.7. The first-order chi connectivity index (χ1) is 23.1. The van der Waals surface area contributed by atoms with Crippen molar-refractivity contribution in [3.63, 3.8) is 0 Å². The number of hydrogen-bond acceptors (Lipinski definition) is 0. The number of fused-ring (bicyclic) bond motifs is 12. The maximum absolute atomic E-state index is 2.61. The van der Waals surface area contributed by atoms with Crippen LogP contribution < -0.4 is 0 Å². The van der Waals surface area contributed by atoms with Crippen LogP contribution in [0.2, 0.25) is 0 Å². The molecule has 0 spiro atoms. The highest BCUT2D eigenvalue weighted by atomic mass is 14.9. The molecule has 4 aromatic heterocycles. The molecule has 0 aliphatic heterocycles. The molecule has 48 heavy (non-hydrogen) atoms. The van der Waals surface area contributed by atoms with Gasteiger partial charge < -0.3 is 8.80 Å². The Labute approximate surface area is 278 Å². The van der Waals surface area contributed by atoms with Gasteiger partial charge in [0.05, 0.1) is 33.1 Å². The van der Waals surface area contributed by atoms with Crippen LogP contribution >= 0.6 is 0 Å². The predicted molar refractivity (Wildman–Crippen MR) is 208 cm³/mol.